The lowest BCUT2D eigenvalue weighted by molar-refractivity contribution is -0.123. The number of hydrazine groups is 1. The Balaban J connectivity index is 1.75. The summed E-state index contributed by atoms with van der Waals surface area (Å²) in [5, 5.41) is 4.07. The van der Waals surface area contributed by atoms with Crippen molar-refractivity contribution in [3.8, 4) is 5.75 Å². The van der Waals surface area contributed by atoms with Gasteiger partial charge in [-0.3, -0.25) is 15.6 Å². The molecule has 0 spiro atoms. The van der Waals surface area contributed by atoms with Crippen molar-refractivity contribution in [2.75, 3.05) is 11.9 Å². The van der Waals surface area contributed by atoms with E-state index in [9.17, 15) is 4.79 Å². The van der Waals surface area contributed by atoms with E-state index in [0.29, 0.717) is 21.7 Å². The first-order chi connectivity index (χ1) is 12.3. The SMILES string of the molecule is CC(C)c1ccc(NC(=S)NNC(=O)COc2ccc(Cl)cc2Cl)cc1. The summed E-state index contributed by atoms with van der Waals surface area (Å²) in [6, 6.07) is 12.7. The predicted molar refractivity (Wildman–Crippen MR) is 110 cm³/mol. The highest BCUT2D eigenvalue weighted by atomic mass is 35.5. The molecular formula is C18H19Cl2N3O2S. The van der Waals surface area contributed by atoms with Crippen molar-refractivity contribution in [3.63, 3.8) is 0 Å². The van der Waals surface area contributed by atoms with Gasteiger partial charge >= 0.3 is 0 Å². The molecule has 2 aromatic carbocycles. The van der Waals surface area contributed by atoms with Crippen molar-refractivity contribution < 1.29 is 9.53 Å². The van der Waals surface area contributed by atoms with E-state index in [0.717, 1.165) is 5.69 Å². The van der Waals surface area contributed by atoms with E-state index >= 15 is 0 Å². The summed E-state index contributed by atoms with van der Waals surface area (Å²) >= 11 is 16.9. The second-order valence-corrected chi connectivity index (χ2v) is 7.02. The van der Waals surface area contributed by atoms with Crippen LogP contribution in [0.3, 0.4) is 0 Å². The third-order valence-corrected chi connectivity index (χ3v) is 4.14. The van der Waals surface area contributed by atoms with Crippen LogP contribution < -0.4 is 20.9 Å². The van der Waals surface area contributed by atoms with E-state index in [1.807, 2.05) is 24.3 Å². The number of carbonyl (C=O) groups is 1. The van der Waals surface area contributed by atoms with E-state index in [2.05, 4.69) is 30.0 Å². The second kappa shape index (κ2) is 9.62. The fourth-order valence-corrected chi connectivity index (χ4v) is 2.64. The summed E-state index contributed by atoms with van der Waals surface area (Å²) in [7, 11) is 0. The van der Waals surface area contributed by atoms with Gasteiger partial charge in [0.25, 0.3) is 5.91 Å². The monoisotopic (exact) mass is 411 g/mol. The normalized spacial score (nSPS) is 10.3. The van der Waals surface area contributed by atoms with Crippen molar-refractivity contribution in [3.05, 3.63) is 58.1 Å². The molecule has 26 heavy (non-hydrogen) atoms. The quantitative estimate of drug-likeness (QED) is 0.498. The molecule has 2 aromatic rings. The van der Waals surface area contributed by atoms with Crippen LogP contribution in [0.2, 0.25) is 10.0 Å². The molecule has 138 valence electrons. The Bertz CT molecular complexity index is 783. The Hall–Kier alpha value is -2.02. The standard InChI is InChI=1S/C18H19Cl2N3O2S/c1-11(2)12-3-6-14(7-4-12)21-18(26)23-22-17(24)10-25-16-8-5-13(19)9-15(16)20/h3-9,11H,10H2,1-2H3,(H,22,24)(H2,21,23,26). The number of amides is 1. The molecular weight excluding hydrogens is 393 g/mol. The third kappa shape index (κ3) is 6.37. The summed E-state index contributed by atoms with van der Waals surface area (Å²) < 4.78 is 5.33. The first kappa shape index (κ1) is 20.3. The molecule has 1 amide bonds. The van der Waals surface area contributed by atoms with Crippen LogP contribution in [0, 0.1) is 0 Å². The first-order valence-corrected chi connectivity index (χ1v) is 9.05. The van der Waals surface area contributed by atoms with Crippen LogP contribution in [0.1, 0.15) is 25.3 Å². The summed E-state index contributed by atoms with van der Waals surface area (Å²) in [6.45, 7) is 4.03. The molecule has 0 aliphatic heterocycles. The average Bonchev–Trinajstić information content (AvgIpc) is 2.59. The van der Waals surface area contributed by atoms with Gasteiger partial charge in [-0.2, -0.15) is 0 Å². The Morgan fingerprint density at radius 3 is 2.42 bits per heavy atom. The van der Waals surface area contributed by atoms with Gasteiger partial charge in [0.15, 0.2) is 11.7 Å². The average molecular weight is 412 g/mol. The van der Waals surface area contributed by atoms with Gasteiger partial charge in [0.05, 0.1) is 5.02 Å². The number of benzene rings is 2. The van der Waals surface area contributed by atoms with Crippen molar-refractivity contribution in [1.29, 1.82) is 0 Å². The van der Waals surface area contributed by atoms with Gasteiger partial charge in [0.2, 0.25) is 0 Å². The maximum atomic E-state index is 11.8. The van der Waals surface area contributed by atoms with Crippen LogP contribution in [-0.2, 0) is 4.79 Å². The molecule has 0 heterocycles. The number of halogens is 2. The molecule has 3 N–H and O–H groups in total. The Labute approximate surface area is 168 Å². The van der Waals surface area contributed by atoms with Gasteiger partial charge in [-0.05, 0) is 54.0 Å². The zero-order valence-corrected chi connectivity index (χ0v) is 16.6. The van der Waals surface area contributed by atoms with Gasteiger partial charge in [-0.1, -0.05) is 49.2 Å². The molecule has 0 aliphatic rings. The van der Waals surface area contributed by atoms with Gasteiger partial charge in [-0.25, -0.2) is 0 Å². The van der Waals surface area contributed by atoms with E-state index in [4.69, 9.17) is 40.2 Å². The van der Waals surface area contributed by atoms with Gasteiger partial charge < -0.3 is 10.1 Å². The lowest BCUT2D eigenvalue weighted by Gasteiger charge is -2.13. The molecule has 8 heteroatoms. The number of hydrogen-bond acceptors (Lipinski definition) is 3. The van der Waals surface area contributed by atoms with Gasteiger partial charge in [0, 0.05) is 10.7 Å². The topological polar surface area (TPSA) is 62.4 Å². The van der Waals surface area contributed by atoms with Crippen LogP contribution in [0.5, 0.6) is 5.75 Å². The zero-order valence-electron chi connectivity index (χ0n) is 14.3. The van der Waals surface area contributed by atoms with Crippen LogP contribution in [0.15, 0.2) is 42.5 Å². The van der Waals surface area contributed by atoms with Crippen molar-refractivity contribution >= 4 is 52.1 Å². The van der Waals surface area contributed by atoms with Crippen LogP contribution in [-0.4, -0.2) is 17.6 Å². The molecule has 0 radical (unpaired) electrons. The summed E-state index contributed by atoms with van der Waals surface area (Å²) in [4.78, 5) is 11.8. The molecule has 0 aliphatic carbocycles. The molecule has 0 unspecified atom stereocenters. The van der Waals surface area contributed by atoms with E-state index in [1.165, 1.54) is 11.6 Å². The lowest BCUT2D eigenvalue weighted by atomic mass is 10.0. The lowest BCUT2D eigenvalue weighted by Crippen LogP contribution is -2.45. The molecule has 5 nitrogen and oxygen atoms in total. The molecule has 0 saturated carbocycles. The first-order valence-electron chi connectivity index (χ1n) is 7.89. The number of ether oxygens (including phenoxy) is 1. The highest BCUT2D eigenvalue weighted by Crippen LogP contribution is 2.27. The predicted octanol–water partition coefficient (Wildman–Crippen LogP) is 4.51. The number of thiocarbonyl (C=S) groups is 1. The Morgan fingerprint density at radius 2 is 1.81 bits per heavy atom. The van der Waals surface area contributed by atoms with E-state index in [-0.39, 0.29) is 11.7 Å². The largest absolute Gasteiger partial charge is 0.482 e. The number of anilines is 1. The van der Waals surface area contributed by atoms with E-state index < -0.39 is 5.91 Å². The number of hydrogen-bond donors (Lipinski definition) is 3. The van der Waals surface area contributed by atoms with Crippen molar-refractivity contribution in [2.24, 2.45) is 0 Å². The van der Waals surface area contributed by atoms with Crippen molar-refractivity contribution in [1.82, 2.24) is 10.9 Å². The maximum absolute atomic E-state index is 11.8. The molecule has 0 bridgehead atoms. The van der Waals surface area contributed by atoms with Crippen molar-refractivity contribution in [2.45, 2.75) is 19.8 Å². The summed E-state index contributed by atoms with van der Waals surface area (Å²) in [5.74, 6) is 0.426. The van der Waals surface area contributed by atoms with Crippen LogP contribution in [0.4, 0.5) is 5.69 Å². The molecule has 0 atom stereocenters. The third-order valence-electron chi connectivity index (χ3n) is 3.40. The fraction of sp³-hybridized carbons (Fsp3) is 0.222. The maximum Gasteiger partial charge on any atom is 0.276 e. The van der Waals surface area contributed by atoms with E-state index in [1.54, 1.807) is 12.1 Å². The minimum absolute atomic E-state index is 0.222. The molecule has 0 saturated heterocycles. The highest BCUT2D eigenvalue weighted by molar-refractivity contribution is 7.80. The fourth-order valence-electron chi connectivity index (χ4n) is 2.01. The minimum atomic E-state index is -0.407. The second-order valence-electron chi connectivity index (χ2n) is 5.77. The Morgan fingerprint density at radius 1 is 1.12 bits per heavy atom. The molecule has 0 fully saturated rings. The highest BCUT2D eigenvalue weighted by Gasteiger charge is 2.07. The summed E-state index contributed by atoms with van der Waals surface area (Å²) in [5.41, 5.74) is 7.12. The summed E-state index contributed by atoms with van der Waals surface area (Å²) in [6.07, 6.45) is 0. The Kier molecular flexibility index (Phi) is 7.50. The zero-order chi connectivity index (χ0) is 19.1. The smallest absolute Gasteiger partial charge is 0.276 e. The van der Waals surface area contributed by atoms with Crippen LogP contribution >= 0.6 is 35.4 Å². The molecule has 2 rings (SSSR count). The number of carbonyl (C=O) groups excluding carboxylic acids is 1. The van der Waals surface area contributed by atoms with Crippen LogP contribution in [0.25, 0.3) is 0 Å². The van der Waals surface area contributed by atoms with Gasteiger partial charge in [-0.15, -0.1) is 0 Å². The number of rotatable bonds is 5. The molecule has 0 aromatic heterocycles. The minimum Gasteiger partial charge on any atom is -0.482 e. The van der Waals surface area contributed by atoms with Gasteiger partial charge in [0.1, 0.15) is 5.75 Å². The number of nitrogens with one attached hydrogen (secondary N) is 3.